The minimum atomic E-state index is -0.548. The third kappa shape index (κ3) is 2.15. The van der Waals surface area contributed by atoms with Crippen molar-refractivity contribution in [3.63, 3.8) is 0 Å². The van der Waals surface area contributed by atoms with Crippen molar-refractivity contribution in [2.24, 2.45) is 0 Å². The molecule has 0 aromatic carbocycles. The van der Waals surface area contributed by atoms with Crippen molar-refractivity contribution in [3.8, 4) is 5.88 Å². The van der Waals surface area contributed by atoms with Crippen molar-refractivity contribution in [1.29, 1.82) is 0 Å². The molecule has 0 radical (unpaired) electrons. The van der Waals surface area contributed by atoms with Crippen LogP contribution in [-0.4, -0.2) is 35.5 Å². The van der Waals surface area contributed by atoms with Gasteiger partial charge in [-0.15, -0.1) is 0 Å². The zero-order valence-electron chi connectivity index (χ0n) is 7.39. The average molecular weight is 307 g/mol. The number of aliphatic hydroxyl groups is 1. The molecule has 0 bridgehead atoms. The van der Waals surface area contributed by atoms with Gasteiger partial charge in [0, 0.05) is 6.20 Å². The number of aromatic nitrogens is 1. The fourth-order valence-electron chi connectivity index (χ4n) is 1.24. The molecule has 0 amide bonds. The number of hydrogen-bond acceptors (Lipinski definition) is 4. The van der Waals surface area contributed by atoms with E-state index < -0.39 is 6.10 Å². The van der Waals surface area contributed by atoms with Crippen molar-refractivity contribution < 1.29 is 14.6 Å². The molecule has 1 fully saturated rings. The van der Waals surface area contributed by atoms with Gasteiger partial charge in [0.15, 0.2) is 6.10 Å². The second-order valence-electron chi connectivity index (χ2n) is 3.05. The molecule has 1 saturated heterocycles. The number of ether oxygens (including phenoxy) is 2. The Morgan fingerprint density at radius 2 is 2.43 bits per heavy atom. The number of rotatable bonds is 2. The zero-order valence-corrected chi connectivity index (χ0v) is 9.55. The summed E-state index contributed by atoms with van der Waals surface area (Å²) in [6.45, 7) is 0.766. The Hall–Kier alpha value is -0.400. The first-order valence-electron chi connectivity index (χ1n) is 4.30. The van der Waals surface area contributed by atoms with Gasteiger partial charge in [0.1, 0.15) is 6.10 Å². The highest BCUT2D eigenvalue weighted by atomic mass is 127. The summed E-state index contributed by atoms with van der Waals surface area (Å²) in [5, 5.41) is 9.46. The Morgan fingerprint density at radius 1 is 1.57 bits per heavy atom. The Kier molecular flexibility index (Phi) is 3.19. The molecule has 76 valence electrons. The van der Waals surface area contributed by atoms with Crippen molar-refractivity contribution in [2.45, 2.75) is 12.2 Å². The Balaban J connectivity index is 2.07. The molecule has 4 nitrogen and oxygen atoms in total. The van der Waals surface area contributed by atoms with E-state index >= 15 is 0 Å². The van der Waals surface area contributed by atoms with E-state index in [1.165, 1.54) is 0 Å². The van der Waals surface area contributed by atoms with Gasteiger partial charge in [0.25, 0.3) is 0 Å². The van der Waals surface area contributed by atoms with Gasteiger partial charge in [-0.1, -0.05) is 0 Å². The van der Waals surface area contributed by atoms with Crippen LogP contribution in [0, 0.1) is 3.57 Å². The Morgan fingerprint density at radius 3 is 3.07 bits per heavy atom. The van der Waals surface area contributed by atoms with Crippen LogP contribution in [0.4, 0.5) is 0 Å². The van der Waals surface area contributed by atoms with Gasteiger partial charge in [-0.25, -0.2) is 4.98 Å². The maximum absolute atomic E-state index is 9.46. The third-order valence-corrected chi connectivity index (χ3v) is 2.81. The summed E-state index contributed by atoms with van der Waals surface area (Å²) in [4.78, 5) is 4.08. The molecule has 1 N–H and O–H groups in total. The molecule has 14 heavy (non-hydrogen) atoms. The monoisotopic (exact) mass is 307 g/mol. The Bertz CT molecular complexity index is 321. The van der Waals surface area contributed by atoms with E-state index in [2.05, 4.69) is 27.6 Å². The van der Waals surface area contributed by atoms with Crippen molar-refractivity contribution >= 4 is 22.6 Å². The summed E-state index contributed by atoms with van der Waals surface area (Å²) in [6, 6.07) is 3.75. The molecule has 2 atom stereocenters. The topological polar surface area (TPSA) is 51.6 Å². The van der Waals surface area contributed by atoms with Gasteiger partial charge in [0.05, 0.1) is 16.8 Å². The van der Waals surface area contributed by atoms with Crippen LogP contribution in [0.3, 0.4) is 0 Å². The lowest BCUT2D eigenvalue weighted by molar-refractivity contribution is 0.0698. The van der Waals surface area contributed by atoms with Crippen LogP contribution in [0.25, 0.3) is 0 Å². The van der Waals surface area contributed by atoms with E-state index in [1.54, 1.807) is 6.20 Å². The Labute approximate surface area is 95.4 Å². The SMILES string of the molecule is O[C@@H]1COC[C@H]1Oc1ncccc1I. The summed E-state index contributed by atoms with van der Waals surface area (Å²) < 4.78 is 11.5. The zero-order chi connectivity index (χ0) is 9.97. The lowest BCUT2D eigenvalue weighted by atomic mass is 10.3. The maximum Gasteiger partial charge on any atom is 0.227 e. The first kappa shape index (κ1) is 10.1. The average Bonchev–Trinajstić information content (AvgIpc) is 2.56. The summed E-state index contributed by atoms with van der Waals surface area (Å²) in [6.07, 6.45) is 0.825. The van der Waals surface area contributed by atoms with Crippen LogP contribution in [-0.2, 0) is 4.74 Å². The predicted octanol–water partition coefficient (Wildman–Crippen LogP) is 0.825. The summed E-state index contributed by atoms with van der Waals surface area (Å²) in [5.74, 6) is 0.558. The van der Waals surface area contributed by atoms with E-state index in [-0.39, 0.29) is 6.10 Å². The molecule has 0 spiro atoms. The second-order valence-corrected chi connectivity index (χ2v) is 4.21. The quantitative estimate of drug-likeness (QED) is 0.822. The number of nitrogens with zero attached hydrogens (tertiary/aromatic N) is 1. The van der Waals surface area contributed by atoms with E-state index in [0.29, 0.717) is 19.1 Å². The first-order valence-corrected chi connectivity index (χ1v) is 5.38. The second kappa shape index (κ2) is 4.41. The molecular weight excluding hydrogens is 297 g/mol. The summed E-state index contributed by atoms with van der Waals surface area (Å²) in [5.41, 5.74) is 0. The molecule has 2 heterocycles. The lowest BCUT2D eigenvalue weighted by Gasteiger charge is -2.14. The number of aliphatic hydroxyl groups excluding tert-OH is 1. The molecule has 1 aliphatic heterocycles. The van der Waals surface area contributed by atoms with Crippen molar-refractivity contribution in [3.05, 3.63) is 21.9 Å². The van der Waals surface area contributed by atoms with Gasteiger partial charge < -0.3 is 14.6 Å². The van der Waals surface area contributed by atoms with Gasteiger partial charge in [-0.3, -0.25) is 0 Å². The normalized spacial score (nSPS) is 26.4. The van der Waals surface area contributed by atoms with Crippen LogP contribution in [0.1, 0.15) is 0 Å². The highest BCUT2D eigenvalue weighted by Gasteiger charge is 2.28. The van der Waals surface area contributed by atoms with Gasteiger partial charge >= 0.3 is 0 Å². The molecule has 2 rings (SSSR count). The minimum absolute atomic E-state index is 0.293. The highest BCUT2D eigenvalue weighted by molar-refractivity contribution is 14.1. The summed E-state index contributed by atoms with van der Waals surface area (Å²) >= 11 is 2.14. The van der Waals surface area contributed by atoms with Crippen LogP contribution in [0.2, 0.25) is 0 Å². The largest absolute Gasteiger partial charge is 0.468 e. The molecule has 1 aliphatic rings. The molecule has 0 saturated carbocycles. The van der Waals surface area contributed by atoms with Crippen LogP contribution in [0.15, 0.2) is 18.3 Å². The molecule has 1 aromatic rings. The van der Waals surface area contributed by atoms with E-state index in [1.807, 2.05) is 12.1 Å². The van der Waals surface area contributed by atoms with Crippen LogP contribution < -0.4 is 4.74 Å². The van der Waals surface area contributed by atoms with E-state index in [9.17, 15) is 5.11 Å². The number of pyridine rings is 1. The molecule has 0 unspecified atom stereocenters. The minimum Gasteiger partial charge on any atom is -0.468 e. The number of hydrogen-bond donors (Lipinski definition) is 1. The number of halogens is 1. The van der Waals surface area contributed by atoms with Gasteiger partial charge in [-0.05, 0) is 34.7 Å². The van der Waals surface area contributed by atoms with E-state index in [0.717, 1.165) is 3.57 Å². The predicted molar refractivity (Wildman–Crippen MR) is 58.2 cm³/mol. The third-order valence-electron chi connectivity index (χ3n) is 1.99. The summed E-state index contributed by atoms with van der Waals surface area (Å²) in [7, 11) is 0. The van der Waals surface area contributed by atoms with Gasteiger partial charge in [-0.2, -0.15) is 0 Å². The fourth-order valence-corrected chi connectivity index (χ4v) is 1.71. The molecule has 5 heteroatoms. The van der Waals surface area contributed by atoms with Gasteiger partial charge in [0.2, 0.25) is 5.88 Å². The van der Waals surface area contributed by atoms with Crippen molar-refractivity contribution in [1.82, 2.24) is 4.98 Å². The maximum atomic E-state index is 9.46. The molecule has 1 aromatic heterocycles. The molecule has 0 aliphatic carbocycles. The smallest absolute Gasteiger partial charge is 0.227 e. The standard InChI is InChI=1S/C9H10INO3/c10-6-2-1-3-11-9(6)14-8-5-13-4-7(8)12/h1-3,7-8,12H,4-5H2/t7-,8-/m1/s1. The van der Waals surface area contributed by atoms with E-state index in [4.69, 9.17) is 9.47 Å². The fraction of sp³-hybridized carbons (Fsp3) is 0.444. The highest BCUT2D eigenvalue weighted by Crippen LogP contribution is 2.20. The van der Waals surface area contributed by atoms with Crippen molar-refractivity contribution in [2.75, 3.05) is 13.2 Å². The molecular formula is C9H10INO3. The first-order chi connectivity index (χ1) is 6.77. The van der Waals surface area contributed by atoms with Crippen LogP contribution in [0.5, 0.6) is 5.88 Å². The van der Waals surface area contributed by atoms with Crippen LogP contribution >= 0.6 is 22.6 Å². The lowest BCUT2D eigenvalue weighted by Crippen LogP contribution is -2.30.